The van der Waals surface area contributed by atoms with Crippen LogP contribution in [0.4, 0.5) is 19.0 Å². The molecule has 16 heteroatoms. The molecule has 1 saturated heterocycles. The van der Waals surface area contributed by atoms with Crippen molar-refractivity contribution in [2.24, 2.45) is 0 Å². The van der Waals surface area contributed by atoms with E-state index in [1.165, 1.54) is 0 Å². The molecule has 11 nitrogen and oxygen atoms in total. The molecule has 3 heterocycles. The molecule has 0 amide bonds. The third-order valence-corrected chi connectivity index (χ3v) is 5.33. The van der Waals surface area contributed by atoms with Gasteiger partial charge < -0.3 is 20.7 Å². The van der Waals surface area contributed by atoms with Crippen LogP contribution < -0.4 is 5.73 Å². The predicted octanol–water partition coefficient (Wildman–Crippen LogP) is -0.344. The van der Waals surface area contributed by atoms with Crippen LogP contribution in [0.15, 0.2) is 11.1 Å². The Balaban J connectivity index is 2.10. The lowest BCUT2D eigenvalue weighted by molar-refractivity contribution is -0.0702. The molecule has 0 spiro atoms. The number of hydrogen-bond acceptors (Lipinski definition) is 10. The van der Waals surface area contributed by atoms with Crippen molar-refractivity contribution in [3.8, 4) is 0 Å². The van der Waals surface area contributed by atoms with Crippen molar-refractivity contribution in [2.75, 3.05) is 12.3 Å². The van der Waals surface area contributed by atoms with E-state index in [-0.39, 0.29) is 21.7 Å². The second-order valence-corrected chi connectivity index (χ2v) is 7.65. The minimum Gasteiger partial charge on any atom is -0.394 e. The average Bonchev–Trinajstić information content (AvgIpc) is 3.04. The van der Waals surface area contributed by atoms with Gasteiger partial charge in [0, 0.05) is 0 Å². The van der Waals surface area contributed by atoms with Crippen molar-refractivity contribution in [1.29, 1.82) is 0 Å². The van der Waals surface area contributed by atoms with Gasteiger partial charge in [-0.25, -0.2) is 15.0 Å². The fraction of sp³-hybridized carbons (Fsp3) is 0.545. The molecule has 2 aromatic rings. The van der Waals surface area contributed by atoms with E-state index >= 15 is 0 Å². The normalized spacial score (nSPS) is 26.7. The summed E-state index contributed by atoms with van der Waals surface area (Å²) in [6, 6.07) is 0. The lowest BCUT2D eigenvalue weighted by atomic mass is 10.1. The van der Waals surface area contributed by atoms with Gasteiger partial charge in [-0.05, 0) is 15.9 Å². The van der Waals surface area contributed by atoms with Crippen LogP contribution >= 0.6 is 15.9 Å². The van der Waals surface area contributed by atoms with Gasteiger partial charge in [-0.3, -0.25) is 8.75 Å². The summed E-state index contributed by atoms with van der Waals surface area (Å²) in [7, 11) is -6.07. The van der Waals surface area contributed by atoms with E-state index in [9.17, 15) is 31.8 Å². The summed E-state index contributed by atoms with van der Waals surface area (Å²) in [6.07, 6.45) is -5.98. The summed E-state index contributed by atoms with van der Waals surface area (Å²) in [5, 5.41) is 19.4. The number of ether oxygens (including phenoxy) is 1. The van der Waals surface area contributed by atoms with Gasteiger partial charge in [-0.15, -0.1) is 0 Å². The number of aromatic nitrogens is 4. The largest absolute Gasteiger partial charge is 0.523 e. The highest BCUT2D eigenvalue weighted by atomic mass is 79.9. The quantitative estimate of drug-likeness (QED) is 0.301. The first-order chi connectivity index (χ1) is 12.5. The highest BCUT2D eigenvalue weighted by Gasteiger charge is 2.55. The number of fused-ring (bicyclic) bond motifs is 1. The lowest BCUT2D eigenvalue weighted by Gasteiger charge is -2.22. The second kappa shape index (κ2) is 6.78. The van der Waals surface area contributed by atoms with Crippen LogP contribution in [0, 0.1) is 0 Å². The molecule has 27 heavy (non-hydrogen) atoms. The Kier molecular flexibility index (Phi) is 5.06. The number of halogens is 4. The molecule has 0 radical (unpaired) electrons. The number of nitrogens with zero attached hydrogens (tertiary/aromatic N) is 4. The first-order valence-electron chi connectivity index (χ1n) is 7.05. The molecule has 150 valence electrons. The monoisotopic (exact) mass is 477 g/mol. The van der Waals surface area contributed by atoms with E-state index in [0.29, 0.717) is 0 Å². The van der Waals surface area contributed by atoms with E-state index in [1.807, 2.05) is 0 Å². The van der Waals surface area contributed by atoms with E-state index in [1.54, 1.807) is 0 Å². The number of anilines is 1. The van der Waals surface area contributed by atoms with Crippen LogP contribution in [-0.4, -0.2) is 68.6 Å². The maximum Gasteiger partial charge on any atom is 0.523 e. The Morgan fingerprint density at radius 1 is 1.41 bits per heavy atom. The summed E-state index contributed by atoms with van der Waals surface area (Å²) in [6.45, 7) is -0.815. The maximum atomic E-state index is 12.7. The molecular formula is C11H11BrF3N5O6S. The van der Waals surface area contributed by atoms with Crippen LogP contribution in [0.3, 0.4) is 0 Å². The maximum absolute atomic E-state index is 12.7. The number of rotatable bonds is 4. The van der Waals surface area contributed by atoms with Gasteiger partial charge in [-0.1, -0.05) is 0 Å². The van der Waals surface area contributed by atoms with E-state index < -0.39 is 46.8 Å². The van der Waals surface area contributed by atoms with E-state index in [0.717, 1.165) is 10.9 Å². The third kappa shape index (κ3) is 3.36. The Bertz CT molecular complexity index is 969. The van der Waals surface area contributed by atoms with Gasteiger partial charge in [0.15, 0.2) is 34.0 Å². The van der Waals surface area contributed by atoms with Crippen LogP contribution in [0.25, 0.3) is 11.2 Å². The van der Waals surface area contributed by atoms with Gasteiger partial charge in [0.1, 0.15) is 18.5 Å². The zero-order chi connectivity index (χ0) is 20.1. The zero-order valence-corrected chi connectivity index (χ0v) is 15.3. The van der Waals surface area contributed by atoms with Crippen LogP contribution in [0.2, 0.25) is 0 Å². The molecule has 2 aromatic heterocycles. The lowest BCUT2D eigenvalue weighted by Crippen LogP contribution is -2.40. The van der Waals surface area contributed by atoms with Crippen molar-refractivity contribution in [2.45, 2.75) is 30.0 Å². The molecule has 0 aromatic carbocycles. The average molecular weight is 478 g/mol. The standard InChI is InChI=1S/C11H11BrF3N5O6S/c12-10-19-4-7(16)17-2-18-8(4)20(10)9-6(5(22)3(1-21)25-9)26-27(23,24)11(13,14)15/h2-3,5-6,9,21-22H,1H2,(H2,16,17,18)/t3-,5-,6-,9-/m1/s1. The van der Waals surface area contributed by atoms with Crippen molar-refractivity contribution < 1.29 is 40.7 Å². The number of aliphatic hydroxyl groups excluding tert-OH is 2. The van der Waals surface area contributed by atoms with Gasteiger partial charge in [-0.2, -0.15) is 21.6 Å². The Morgan fingerprint density at radius 3 is 2.67 bits per heavy atom. The van der Waals surface area contributed by atoms with Crippen LogP contribution in [0.5, 0.6) is 0 Å². The number of nitrogens with two attached hydrogens (primary N) is 1. The first-order valence-corrected chi connectivity index (χ1v) is 9.26. The highest BCUT2D eigenvalue weighted by Crippen LogP contribution is 2.39. The van der Waals surface area contributed by atoms with Crippen molar-refractivity contribution in [3.05, 3.63) is 11.1 Å². The molecule has 1 aliphatic heterocycles. The van der Waals surface area contributed by atoms with E-state index in [2.05, 4.69) is 35.1 Å². The Labute approximate surface area is 157 Å². The molecule has 0 aliphatic carbocycles. The van der Waals surface area contributed by atoms with Crippen molar-refractivity contribution >= 4 is 43.0 Å². The number of alkyl halides is 3. The Hall–Kier alpha value is -1.59. The predicted molar refractivity (Wildman–Crippen MR) is 84.3 cm³/mol. The first kappa shape index (κ1) is 20.2. The smallest absolute Gasteiger partial charge is 0.394 e. The molecule has 0 bridgehead atoms. The summed E-state index contributed by atoms with van der Waals surface area (Å²) >= 11 is 3.04. The molecule has 4 N–H and O–H groups in total. The zero-order valence-electron chi connectivity index (χ0n) is 12.9. The van der Waals surface area contributed by atoms with Gasteiger partial charge in [0.2, 0.25) is 0 Å². The summed E-state index contributed by atoms with van der Waals surface area (Å²) in [4.78, 5) is 11.6. The molecule has 4 atom stereocenters. The minimum absolute atomic E-state index is 0.0248. The molecule has 0 unspecified atom stereocenters. The minimum atomic E-state index is -6.07. The van der Waals surface area contributed by atoms with Gasteiger partial charge in [0.05, 0.1) is 6.61 Å². The summed E-state index contributed by atoms with van der Waals surface area (Å²) in [5.41, 5.74) is -0.0457. The third-order valence-electron chi connectivity index (χ3n) is 3.73. The molecule has 1 fully saturated rings. The van der Waals surface area contributed by atoms with Crippen LogP contribution in [0.1, 0.15) is 6.23 Å². The van der Waals surface area contributed by atoms with Crippen molar-refractivity contribution in [3.63, 3.8) is 0 Å². The van der Waals surface area contributed by atoms with Gasteiger partial charge in [0.25, 0.3) is 0 Å². The number of nitrogen functional groups attached to an aromatic ring is 1. The molecule has 0 saturated carbocycles. The van der Waals surface area contributed by atoms with Crippen molar-refractivity contribution in [1.82, 2.24) is 19.5 Å². The number of aliphatic hydroxyl groups is 2. The fourth-order valence-electron chi connectivity index (χ4n) is 2.51. The van der Waals surface area contributed by atoms with Crippen LogP contribution in [-0.2, 0) is 19.0 Å². The highest BCUT2D eigenvalue weighted by molar-refractivity contribution is 9.10. The summed E-state index contributed by atoms with van der Waals surface area (Å²) < 4.78 is 71.4. The summed E-state index contributed by atoms with van der Waals surface area (Å²) in [5.74, 6) is -0.0583. The number of hydrogen-bond donors (Lipinski definition) is 3. The SMILES string of the molecule is Nc1ncnc2c1nc(Br)n2[C@@H]1O[C@H](CO)[C@@H](O)[C@H]1OS(=O)(=O)C(F)(F)F. The second-order valence-electron chi connectivity index (χ2n) is 5.38. The number of imidazole rings is 1. The molecule has 1 aliphatic rings. The topological polar surface area (TPSA) is 163 Å². The molecular weight excluding hydrogens is 467 g/mol. The van der Waals surface area contributed by atoms with Gasteiger partial charge >= 0.3 is 15.6 Å². The Morgan fingerprint density at radius 2 is 2.07 bits per heavy atom. The van der Waals surface area contributed by atoms with E-state index in [4.69, 9.17) is 10.5 Å². The molecule has 3 rings (SSSR count). The fourth-order valence-corrected chi connectivity index (χ4v) is 3.66.